The van der Waals surface area contributed by atoms with Crippen molar-refractivity contribution < 1.29 is 4.79 Å². The van der Waals surface area contributed by atoms with Crippen molar-refractivity contribution in [1.29, 1.82) is 5.26 Å². The van der Waals surface area contributed by atoms with Gasteiger partial charge in [0.15, 0.2) is 5.78 Å². The Bertz CT molecular complexity index is 1010. The third kappa shape index (κ3) is 4.56. The molecule has 0 atom stereocenters. The summed E-state index contributed by atoms with van der Waals surface area (Å²) in [6, 6.07) is 20.7. The molecule has 2 aromatic carbocycles. The van der Waals surface area contributed by atoms with Gasteiger partial charge in [0.1, 0.15) is 0 Å². The summed E-state index contributed by atoms with van der Waals surface area (Å²) < 4.78 is 2.03. The van der Waals surface area contributed by atoms with Gasteiger partial charge in [-0.1, -0.05) is 48.5 Å². The zero-order chi connectivity index (χ0) is 20.1. The predicted octanol–water partition coefficient (Wildman–Crippen LogP) is 3.56. The van der Waals surface area contributed by atoms with Gasteiger partial charge in [0.2, 0.25) is 0 Å². The van der Waals surface area contributed by atoms with Gasteiger partial charge in [-0.25, -0.2) is 0 Å². The van der Waals surface area contributed by atoms with Crippen molar-refractivity contribution in [2.24, 2.45) is 0 Å². The third-order valence-electron chi connectivity index (χ3n) is 5.63. The molecule has 1 fully saturated rings. The first kappa shape index (κ1) is 19.4. The van der Waals surface area contributed by atoms with Crippen molar-refractivity contribution in [3.63, 3.8) is 0 Å². The average molecular weight is 386 g/mol. The minimum absolute atomic E-state index is 0.161. The number of rotatable bonds is 7. The van der Waals surface area contributed by atoms with Gasteiger partial charge >= 0.3 is 0 Å². The number of benzene rings is 2. The Balaban J connectivity index is 1.38. The molecule has 0 N–H and O–H groups in total. The van der Waals surface area contributed by atoms with Crippen LogP contribution in [-0.4, -0.2) is 52.9 Å². The second kappa shape index (κ2) is 9.04. The minimum atomic E-state index is 0.161. The fourth-order valence-corrected chi connectivity index (χ4v) is 4.06. The molecular formula is C24H26N4O. The number of aryl methyl sites for hydroxylation is 1. The van der Waals surface area contributed by atoms with Gasteiger partial charge in [-0.3, -0.25) is 14.6 Å². The van der Waals surface area contributed by atoms with Crippen molar-refractivity contribution >= 4 is 16.7 Å². The van der Waals surface area contributed by atoms with Crippen LogP contribution in [0.4, 0.5) is 0 Å². The molecular weight excluding hydrogens is 360 g/mol. The van der Waals surface area contributed by atoms with E-state index >= 15 is 0 Å². The highest BCUT2D eigenvalue weighted by Gasteiger charge is 2.21. The van der Waals surface area contributed by atoms with Crippen LogP contribution in [0.2, 0.25) is 0 Å². The maximum Gasteiger partial charge on any atom is 0.178 e. The van der Waals surface area contributed by atoms with Crippen molar-refractivity contribution in [2.75, 3.05) is 32.7 Å². The molecule has 1 aliphatic heterocycles. The number of nitriles is 1. The number of nitrogens with zero attached hydrogens (tertiary/aromatic N) is 4. The van der Waals surface area contributed by atoms with E-state index in [9.17, 15) is 4.79 Å². The molecule has 1 saturated heterocycles. The number of hydrogen-bond acceptors (Lipinski definition) is 4. The summed E-state index contributed by atoms with van der Waals surface area (Å²) >= 11 is 0. The van der Waals surface area contributed by atoms with Gasteiger partial charge in [-0.2, -0.15) is 5.26 Å². The molecule has 1 aliphatic rings. The van der Waals surface area contributed by atoms with Crippen LogP contribution < -0.4 is 0 Å². The van der Waals surface area contributed by atoms with Gasteiger partial charge in [0, 0.05) is 61.9 Å². The molecule has 4 rings (SSSR count). The molecule has 1 aromatic heterocycles. The quantitative estimate of drug-likeness (QED) is 0.583. The van der Waals surface area contributed by atoms with Crippen molar-refractivity contribution in [2.45, 2.75) is 19.5 Å². The molecule has 5 nitrogen and oxygen atoms in total. The highest BCUT2D eigenvalue weighted by Crippen LogP contribution is 2.22. The number of hydrogen-bond donors (Lipinski definition) is 0. The van der Waals surface area contributed by atoms with Crippen LogP contribution in [0.3, 0.4) is 0 Å². The Hall–Kier alpha value is -2.94. The highest BCUT2D eigenvalue weighted by atomic mass is 16.1. The normalized spacial score (nSPS) is 15.4. The minimum Gasteiger partial charge on any atom is -0.346 e. The van der Waals surface area contributed by atoms with Gasteiger partial charge in [0.25, 0.3) is 0 Å². The Morgan fingerprint density at radius 2 is 1.62 bits per heavy atom. The molecule has 0 unspecified atom stereocenters. The van der Waals surface area contributed by atoms with Crippen LogP contribution in [0, 0.1) is 11.3 Å². The lowest BCUT2D eigenvalue weighted by Gasteiger charge is -2.34. The molecule has 0 bridgehead atoms. The number of para-hydroxylation sites is 1. The average Bonchev–Trinajstić information content (AvgIpc) is 3.13. The lowest BCUT2D eigenvalue weighted by molar-refractivity contribution is 0.0845. The van der Waals surface area contributed by atoms with Gasteiger partial charge in [0.05, 0.1) is 19.0 Å². The molecule has 0 aliphatic carbocycles. The first-order chi connectivity index (χ1) is 14.2. The van der Waals surface area contributed by atoms with Crippen LogP contribution in [0.1, 0.15) is 22.3 Å². The summed E-state index contributed by atoms with van der Waals surface area (Å²) in [5.41, 5.74) is 3.13. The smallest absolute Gasteiger partial charge is 0.178 e. The molecule has 0 spiro atoms. The van der Waals surface area contributed by atoms with E-state index in [1.807, 2.05) is 41.1 Å². The summed E-state index contributed by atoms with van der Waals surface area (Å²) in [5, 5.41) is 9.89. The topological polar surface area (TPSA) is 52.3 Å². The lowest BCUT2D eigenvalue weighted by Crippen LogP contribution is -2.47. The van der Waals surface area contributed by atoms with Crippen LogP contribution in [0.25, 0.3) is 10.9 Å². The Labute approximate surface area is 171 Å². The molecule has 0 amide bonds. The molecule has 29 heavy (non-hydrogen) atoms. The van der Waals surface area contributed by atoms with E-state index in [0.29, 0.717) is 19.5 Å². The zero-order valence-electron chi connectivity index (χ0n) is 16.6. The number of carbonyl (C=O) groups excluding carboxylic acids is 1. The fourth-order valence-electron chi connectivity index (χ4n) is 4.06. The number of ketones is 1. The van der Waals surface area contributed by atoms with Crippen molar-refractivity contribution in [1.82, 2.24) is 14.4 Å². The fraction of sp³-hybridized carbons (Fsp3) is 0.333. The Morgan fingerprint density at radius 3 is 2.38 bits per heavy atom. The standard InChI is InChI=1S/C24H26N4O/c25-11-6-12-28-18-22(21-9-4-5-10-23(21)28)24(29)19-27-15-13-26(14-16-27)17-20-7-2-1-3-8-20/h1-5,7-10,18H,6,12-17,19H2. The SMILES string of the molecule is N#CCCn1cc(C(=O)CN2CCN(Cc3ccccc3)CC2)c2ccccc21. The summed E-state index contributed by atoms with van der Waals surface area (Å²) in [7, 11) is 0. The summed E-state index contributed by atoms with van der Waals surface area (Å²) in [5.74, 6) is 0.161. The maximum atomic E-state index is 13.1. The predicted molar refractivity (Wildman–Crippen MR) is 115 cm³/mol. The molecule has 0 radical (unpaired) electrons. The number of fused-ring (bicyclic) bond motifs is 1. The number of aromatic nitrogens is 1. The lowest BCUT2D eigenvalue weighted by atomic mass is 10.1. The number of piperazine rings is 1. The molecule has 2 heterocycles. The Kier molecular flexibility index (Phi) is 6.04. The van der Waals surface area contributed by atoms with E-state index in [-0.39, 0.29) is 5.78 Å². The van der Waals surface area contributed by atoms with E-state index in [1.54, 1.807) is 0 Å². The molecule has 5 heteroatoms. The monoisotopic (exact) mass is 386 g/mol. The van der Waals surface area contributed by atoms with Crippen LogP contribution >= 0.6 is 0 Å². The number of carbonyl (C=O) groups is 1. The zero-order valence-corrected chi connectivity index (χ0v) is 16.6. The van der Waals surface area contributed by atoms with E-state index in [2.05, 4.69) is 40.1 Å². The summed E-state index contributed by atoms with van der Waals surface area (Å²) in [4.78, 5) is 17.8. The van der Waals surface area contributed by atoms with Crippen LogP contribution in [0.15, 0.2) is 60.8 Å². The van der Waals surface area contributed by atoms with Crippen LogP contribution in [0.5, 0.6) is 0 Å². The third-order valence-corrected chi connectivity index (χ3v) is 5.63. The van der Waals surface area contributed by atoms with Gasteiger partial charge in [-0.15, -0.1) is 0 Å². The second-order valence-corrected chi connectivity index (χ2v) is 7.62. The van der Waals surface area contributed by atoms with E-state index in [1.165, 1.54) is 5.56 Å². The summed E-state index contributed by atoms with van der Waals surface area (Å²) in [6.07, 6.45) is 2.37. The summed E-state index contributed by atoms with van der Waals surface area (Å²) in [6.45, 7) is 5.80. The van der Waals surface area contributed by atoms with Crippen molar-refractivity contribution in [3.8, 4) is 6.07 Å². The first-order valence-electron chi connectivity index (χ1n) is 10.2. The Morgan fingerprint density at radius 1 is 0.931 bits per heavy atom. The molecule has 148 valence electrons. The molecule has 3 aromatic rings. The second-order valence-electron chi connectivity index (χ2n) is 7.62. The van der Waals surface area contributed by atoms with Gasteiger partial charge in [-0.05, 0) is 11.6 Å². The molecule has 0 saturated carbocycles. The highest BCUT2D eigenvalue weighted by molar-refractivity contribution is 6.09. The van der Waals surface area contributed by atoms with Gasteiger partial charge < -0.3 is 4.57 Å². The van der Waals surface area contributed by atoms with Crippen LogP contribution in [-0.2, 0) is 13.1 Å². The van der Waals surface area contributed by atoms with E-state index < -0.39 is 0 Å². The van der Waals surface area contributed by atoms with E-state index in [0.717, 1.165) is 49.2 Å². The van der Waals surface area contributed by atoms with Crippen molar-refractivity contribution in [3.05, 3.63) is 71.9 Å². The maximum absolute atomic E-state index is 13.1. The largest absolute Gasteiger partial charge is 0.346 e. The van der Waals surface area contributed by atoms with E-state index in [4.69, 9.17) is 5.26 Å². The number of Topliss-reactive ketones (excluding diaryl/α,β-unsaturated/α-hetero) is 1. The first-order valence-corrected chi connectivity index (χ1v) is 10.2.